The van der Waals surface area contributed by atoms with Gasteiger partial charge in [-0.2, -0.15) is 0 Å². The Hall–Kier alpha value is -1.34. The molecule has 3 fully saturated rings. The Morgan fingerprint density at radius 3 is 2.25 bits per heavy atom. The van der Waals surface area contributed by atoms with E-state index in [1.54, 1.807) is 0 Å². The van der Waals surface area contributed by atoms with E-state index in [9.17, 15) is 9.59 Å². The Morgan fingerprint density at radius 1 is 0.917 bits per heavy atom. The largest absolute Gasteiger partial charge is 0.378 e. The fraction of sp³-hybridized carbons (Fsp3) is 0.882. The molecule has 7 nitrogen and oxygen atoms in total. The number of piperidine rings is 1. The summed E-state index contributed by atoms with van der Waals surface area (Å²) in [7, 11) is 0. The van der Waals surface area contributed by atoms with E-state index in [1.165, 1.54) is 6.42 Å². The minimum atomic E-state index is 0.119. The van der Waals surface area contributed by atoms with E-state index >= 15 is 0 Å². The van der Waals surface area contributed by atoms with Crippen molar-refractivity contribution in [3.63, 3.8) is 0 Å². The zero-order chi connectivity index (χ0) is 16.9. The molecule has 1 unspecified atom stereocenters. The first-order valence-corrected chi connectivity index (χ1v) is 9.28. The van der Waals surface area contributed by atoms with E-state index in [-0.39, 0.29) is 11.9 Å². The minimum absolute atomic E-state index is 0.119. The monoisotopic (exact) mass is 338 g/mol. The van der Waals surface area contributed by atoms with E-state index < -0.39 is 0 Å². The molecule has 0 aliphatic carbocycles. The maximum Gasteiger partial charge on any atom is 0.320 e. The molecule has 3 saturated heterocycles. The SMILES string of the molecule is CC1CCCCN1C(=O)CN1CCN(C(=O)N2CCOCC2)CC1. The molecule has 3 aliphatic rings. The molecular weight excluding hydrogens is 308 g/mol. The van der Waals surface area contributed by atoms with Gasteiger partial charge in [0.15, 0.2) is 0 Å². The number of hydrogen-bond acceptors (Lipinski definition) is 4. The molecule has 0 radical (unpaired) electrons. The van der Waals surface area contributed by atoms with E-state index in [0.717, 1.165) is 32.5 Å². The van der Waals surface area contributed by atoms with E-state index in [0.29, 0.717) is 52.0 Å². The van der Waals surface area contributed by atoms with Crippen molar-refractivity contribution in [2.45, 2.75) is 32.2 Å². The number of carbonyl (C=O) groups is 2. The predicted molar refractivity (Wildman–Crippen MR) is 90.8 cm³/mol. The van der Waals surface area contributed by atoms with Gasteiger partial charge in [-0.05, 0) is 26.2 Å². The van der Waals surface area contributed by atoms with Crippen LogP contribution in [0, 0.1) is 0 Å². The van der Waals surface area contributed by atoms with Crippen LogP contribution in [0.2, 0.25) is 0 Å². The highest BCUT2D eigenvalue weighted by Gasteiger charge is 2.29. The lowest BCUT2D eigenvalue weighted by Gasteiger charge is -2.39. The lowest BCUT2D eigenvalue weighted by molar-refractivity contribution is -0.136. The summed E-state index contributed by atoms with van der Waals surface area (Å²) in [5.41, 5.74) is 0. The molecule has 3 amide bonds. The van der Waals surface area contributed by atoms with Crippen LogP contribution in [-0.2, 0) is 9.53 Å². The number of carbonyl (C=O) groups excluding carboxylic acids is 2. The van der Waals surface area contributed by atoms with Crippen LogP contribution in [0.3, 0.4) is 0 Å². The Bertz CT molecular complexity index is 445. The zero-order valence-corrected chi connectivity index (χ0v) is 14.8. The molecule has 0 spiro atoms. The van der Waals surface area contributed by atoms with Gasteiger partial charge in [-0.3, -0.25) is 9.69 Å². The third-order valence-electron chi connectivity index (χ3n) is 5.41. The first-order chi connectivity index (χ1) is 11.6. The summed E-state index contributed by atoms with van der Waals surface area (Å²) in [6.45, 7) is 9.15. The molecule has 3 aliphatic heterocycles. The number of morpholine rings is 1. The summed E-state index contributed by atoms with van der Waals surface area (Å²) in [4.78, 5) is 33.0. The smallest absolute Gasteiger partial charge is 0.320 e. The first kappa shape index (κ1) is 17.5. The molecule has 3 heterocycles. The Morgan fingerprint density at radius 2 is 1.58 bits per heavy atom. The van der Waals surface area contributed by atoms with Crippen LogP contribution in [0.5, 0.6) is 0 Å². The van der Waals surface area contributed by atoms with Gasteiger partial charge < -0.3 is 19.4 Å². The minimum Gasteiger partial charge on any atom is -0.378 e. The number of ether oxygens (including phenoxy) is 1. The van der Waals surface area contributed by atoms with E-state index in [4.69, 9.17) is 4.74 Å². The quantitative estimate of drug-likeness (QED) is 0.734. The van der Waals surface area contributed by atoms with Crippen LogP contribution in [0.4, 0.5) is 4.79 Å². The van der Waals surface area contributed by atoms with Crippen molar-refractivity contribution in [2.24, 2.45) is 0 Å². The van der Waals surface area contributed by atoms with Crippen LogP contribution in [0.15, 0.2) is 0 Å². The lowest BCUT2D eigenvalue weighted by Crippen LogP contribution is -2.56. The second kappa shape index (κ2) is 8.16. The van der Waals surface area contributed by atoms with Crippen molar-refractivity contribution in [3.05, 3.63) is 0 Å². The summed E-state index contributed by atoms with van der Waals surface area (Å²) >= 11 is 0. The second-order valence-corrected chi connectivity index (χ2v) is 7.08. The normalized spacial score (nSPS) is 26.5. The van der Waals surface area contributed by atoms with Gasteiger partial charge in [0.1, 0.15) is 0 Å². The van der Waals surface area contributed by atoms with Gasteiger partial charge in [-0.25, -0.2) is 4.79 Å². The molecule has 7 heteroatoms. The van der Waals surface area contributed by atoms with Gasteiger partial charge in [-0.15, -0.1) is 0 Å². The summed E-state index contributed by atoms with van der Waals surface area (Å²) in [5.74, 6) is 0.246. The van der Waals surface area contributed by atoms with Crippen LogP contribution in [0.1, 0.15) is 26.2 Å². The standard InChI is InChI=1S/C17H30N4O3/c1-15-4-2-3-5-21(15)16(22)14-18-6-8-19(9-7-18)17(23)20-10-12-24-13-11-20/h15H,2-14H2,1H3. The molecule has 3 rings (SSSR count). The number of urea groups is 1. The zero-order valence-electron chi connectivity index (χ0n) is 14.8. The number of hydrogen-bond donors (Lipinski definition) is 0. The first-order valence-electron chi connectivity index (χ1n) is 9.28. The molecule has 0 saturated carbocycles. The van der Waals surface area contributed by atoms with Gasteiger partial charge in [-0.1, -0.05) is 0 Å². The van der Waals surface area contributed by atoms with E-state index in [1.807, 2.05) is 14.7 Å². The van der Waals surface area contributed by atoms with Gasteiger partial charge >= 0.3 is 6.03 Å². The molecule has 24 heavy (non-hydrogen) atoms. The van der Waals surface area contributed by atoms with Crippen molar-refractivity contribution in [2.75, 3.05) is 65.6 Å². The molecule has 1 atom stereocenters. The fourth-order valence-corrected chi connectivity index (χ4v) is 3.80. The average molecular weight is 338 g/mol. The third-order valence-corrected chi connectivity index (χ3v) is 5.41. The van der Waals surface area contributed by atoms with Crippen molar-refractivity contribution >= 4 is 11.9 Å². The third kappa shape index (κ3) is 4.19. The summed E-state index contributed by atoms with van der Waals surface area (Å²) in [6, 6.07) is 0.490. The summed E-state index contributed by atoms with van der Waals surface area (Å²) in [5, 5.41) is 0. The van der Waals surface area contributed by atoms with Gasteiger partial charge in [0, 0.05) is 51.9 Å². The number of likely N-dealkylation sites (tertiary alicyclic amines) is 1. The number of nitrogens with zero attached hydrogens (tertiary/aromatic N) is 4. The number of rotatable bonds is 2. The molecule has 0 aromatic carbocycles. The van der Waals surface area contributed by atoms with Crippen LogP contribution >= 0.6 is 0 Å². The fourth-order valence-electron chi connectivity index (χ4n) is 3.80. The highest BCUT2D eigenvalue weighted by molar-refractivity contribution is 5.79. The van der Waals surface area contributed by atoms with Crippen molar-refractivity contribution < 1.29 is 14.3 Å². The van der Waals surface area contributed by atoms with Crippen molar-refractivity contribution in [1.82, 2.24) is 19.6 Å². The predicted octanol–water partition coefficient (Wildman–Crippen LogP) is 0.457. The molecule has 0 bridgehead atoms. The molecule has 0 N–H and O–H groups in total. The second-order valence-electron chi connectivity index (χ2n) is 7.08. The van der Waals surface area contributed by atoms with Gasteiger partial charge in [0.05, 0.1) is 19.8 Å². The van der Waals surface area contributed by atoms with Crippen LogP contribution in [-0.4, -0.2) is 103 Å². The topological polar surface area (TPSA) is 56.3 Å². The summed E-state index contributed by atoms with van der Waals surface area (Å²) in [6.07, 6.45) is 3.47. The highest BCUT2D eigenvalue weighted by atomic mass is 16.5. The Kier molecular flexibility index (Phi) is 5.94. The maximum absolute atomic E-state index is 12.5. The van der Waals surface area contributed by atoms with Gasteiger partial charge in [0.2, 0.25) is 5.91 Å². The molecule has 0 aromatic heterocycles. The maximum atomic E-state index is 12.5. The molecular formula is C17H30N4O3. The van der Waals surface area contributed by atoms with Crippen LogP contribution < -0.4 is 0 Å². The number of piperazine rings is 1. The van der Waals surface area contributed by atoms with Gasteiger partial charge in [0.25, 0.3) is 0 Å². The molecule has 136 valence electrons. The average Bonchev–Trinajstić information content (AvgIpc) is 2.63. The highest BCUT2D eigenvalue weighted by Crippen LogP contribution is 2.17. The Balaban J connectivity index is 1.43. The Labute approximate surface area is 144 Å². The lowest BCUT2D eigenvalue weighted by atomic mass is 10.0. The summed E-state index contributed by atoms with van der Waals surface area (Å²) < 4.78 is 5.30. The van der Waals surface area contributed by atoms with Crippen LogP contribution in [0.25, 0.3) is 0 Å². The number of amides is 3. The van der Waals surface area contributed by atoms with Crippen molar-refractivity contribution in [1.29, 1.82) is 0 Å². The van der Waals surface area contributed by atoms with Crippen molar-refractivity contribution in [3.8, 4) is 0 Å². The van der Waals surface area contributed by atoms with E-state index in [2.05, 4.69) is 11.8 Å². The molecule has 0 aromatic rings.